The molecule has 2 aromatic heterocycles. The van der Waals surface area contributed by atoms with Crippen LogP contribution in [0.3, 0.4) is 0 Å². The largest absolute Gasteiger partial charge is 0.497 e. The number of esters is 1. The van der Waals surface area contributed by atoms with Crippen molar-refractivity contribution >= 4 is 23.6 Å². The summed E-state index contributed by atoms with van der Waals surface area (Å²) < 4.78 is 14.7. The maximum absolute atomic E-state index is 14.4. The van der Waals surface area contributed by atoms with Crippen molar-refractivity contribution in [2.75, 3.05) is 33.9 Å². The molecule has 4 aromatic rings. The van der Waals surface area contributed by atoms with Crippen molar-refractivity contribution in [3.8, 4) is 5.75 Å². The summed E-state index contributed by atoms with van der Waals surface area (Å²) in [6.45, 7) is 4.09. The number of benzene rings is 2. The number of nitro groups is 1. The van der Waals surface area contributed by atoms with Crippen LogP contribution in [0, 0.1) is 23.0 Å². The first-order chi connectivity index (χ1) is 24.2. The lowest BCUT2D eigenvalue weighted by atomic mass is 9.75. The zero-order valence-electron chi connectivity index (χ0n) is 28.4. The molecule has 1 aliphatic carbocycles. The van der Waals surface area contributed by atoms with Gasteiger partial charge in [-0.25, -0.2) is 4.79 Å². The number of hydrogen-bond acceptors (Lipinski definition) is 8. The topological polar surface area (TPSA) is 142 Å². The predicted molar refractivity (Wildman–Crippen MR) is 182 cm³/mol. The van der Waals surface area contributed by atoms with Crippen molar-refractivity contribution < 1.29 is 28.8 Å². The van der Waals surface area contributed by atoms with Gasteiger partial charge in [-0.2, -0.15) is 0 Å². The number of likely N-dealkylation sites (tertiary alicyclic amines) is 2. The molecule has 2 saturated heterocycles. The summed E-state index contributed by atoms with van der Waals surface area (Å²) in [6.07, 6.45) is 4.01. The summed E-state index contributed by atoms with van der Waals surface area (Å²) in [6, 6.07) is 18.4. The second kappa shape index (κ2) is 13.1. The van der Waals surface area contributed by atoms with E-state index in [0.717, 1.165) is 29.7 Å². The van der Waals surface area contributed by atoms with Gasteiger partial charge in [0.25, 0.3) is 11.8 Å². The fourth-order valence-corrected chi connectivity index (χ4v) is 8.38. The smallest absolute Gasteiger partial charge is 0.381 e. The third-order valence-corrected chi connectivity index (χ3v) is 10.7. The Morgan fingerprint density at radius 3 is 2.36 bits per heavy atom. The molecule has 4 heterocycles. The van der Waals surface area contributed by atoms with Gasteiger partial charge in [0.15, 0.2) is 5.54 Å². The first-order valence-corrected chi connectivity index (χ1v) is 16.9. The highest BCUT2D eigenvalue weighted by atomic mass is 16.6. The zero-order valence-corrected chi connectivity index (χ0v) is 28.4. The number of nitrogens with zero attached hydrogens (tertiary/aromatic N) is 6. The molecule has 2 aromatic carbocycles. The predicted octanol–water partition coefficient (Wildman–Crippen LogP) is 4.41. The Labute approximate surface area is 289 Å². The standard InChI is InChI=1S/C37H40N6O7/c1-24-38-32(43(47)48)23-40(24)17-18-41-30-19-27-22-42(34(44)26-9-5-4-6-10-26)37(36(46)50-3,21-25-11-13-28(49-2)14-12-25)33(27)29(30)20-31(41)35(45)39-15-7-8-16-39/h4-6,9-14,20,23,27,33H,7-8,15-19,21-22H2,1-3H3/t27?,33?,37-/m1/s1. The Morgan fingerprint density at radius 2 is 1.72 bits per heavy atom. The van der Waals surface area contributed by atoms with Crippen LogP contribution in [0.1, 0.15) is 62.3 Å². The average molecular weight is 681 g/mol. The third-order valence-electron chi connectivity index (χ3n) is 10.7. The molecule has 3 aliphatic rings. The highest BCUT2D eigenvalue weighted by molar-refractivity contribution is 6.00. The lowest BCUT2D eigenvalue weighted by molar-refractivity contribution is -0.389. The summed E-state index contributed by atoms with van der Waals surface area (Å²) in [7, 11) is 2.94. The van der Waals surface area contributed by atoms with E-state index < -0.39 is 22.3 Å². The van der Waals surface area contributed by atoms with Crippen molar-refractivity contribution in [2.24, 2.45) is 5.92 Å². The van der Waals surface area contributed by atoms with Crippen LogP contribution in [0.5, 0.6) is 5.75 Å². The number of fused-ring (bicyclic) bond motifs is 3. The number of methoxy groups -OCH3 is 2. The molecule has 0 spiro atoms. The Morgan fingerprint density at radius 1 is 1.00 bits per heavy atom. The summed E-state index contributed by atoms with van der Waals surface area (Å²) in [5.41, 5.74) is 2.20. The van der Waals surface area contributed by atoms with Crippen LogP contribution < -0.4 is 4.74 Å². The highest BCUT2D eigenvalue weighted by Gasteiger charge is 2.64. The Bertz CT molecular complexity index is 1950. The van der Waals surface area contributed by atoms with E-state index in [-0.39, 0.29) is 30.0 Å². The van der Waals surface area contributed by atoms with Gasteiger partial charge in [-0.05, 0) is 76.5 Å². The fraction of sp³-hybridized carbons (Fsp3) is 0.405. The lowest BCUT2D eigenvalue weighted by Gasteiger charge is -2.40. The first kappa shape index (κ1) is 33.1. The number of rotatable bonds is 10. The molecule has 50 heavy (non-hydrogen) atoms. The van der Waals surface area contributed by atoms with Gasteiger partial charge >= 0.3 is 11.8 Å². The summed E-state index contributed by atoms with van der Waals surface area (Å²) in [5, 5.41) is 11.4. The van der Waals surface area contributed by atoms with E-state index in [1.54, 1.807) is 47.8 Å². The van der Waals surface area contributed by atoms with E-state index in [9.17, 15) is 24.5 Å². The van der Waals surface area contributed by atoms with E-state index in [2.05, 4.69) is 4.98 Å². The van der Waals surface area contributed by atoms with Gasteiger partial charge in [-0.1, -0.05) is 30.3 Å². The molecule has 13 nitrogen and oxygen atoms in total. The van der Waals surface area contributed by atoms with E-state index in [4.69, 9.17) is 9.47 Å². The van der Waals surface area contributed by atoms with E-state index in [1.807, 2.05) is 45.9 Å². The Hall–Kier alpha value is -5.46. The molecule has 7 rings (SSSR count). The van der Waals surface area contributed by atoms with Gasteiger partial charge < -0.3 is 38.5 Å². The number of aryl methyl sites for hydroxylation is 2. The molecule has 13 heteroatoms. The van der Waals surface area contributed by atoms with Crippen molar-refractivity contribution in [3.05, 3.63) is 111 Å². The van der Waals surface area contributed by atoms with Crippen LogP contribution in [0.25, 0.3) is 0 Å². The van der Waals surface area contributed by atoms with Gasteiger partial charge in [0.05, 0.1) is 14.2 Å². The van der Waals surface area contributed by atoms with Gasteiger partial charge in [0.2, 0.25) is 5.82 Å². The molecule has 260 valence electrons. The summed E-state index contributed by atoms with van der Waals surface area (Å²) in [5.74, 6) is -0.492. The van der Waals surface area contributed by atoms with Gasteiger partial charge in [-0.3, -0.25) is 9.59 Å². The van der Waals surface area contributed by atoms with Crippen LogP contribution in [0.4, 0.5) is 5.82 Å². The number of aromatic nitrogens is 3. The number of ether oxygens (including phenoxy) is 2. The third kappa shape index (κ3) is 5.50. The average Bonchev–Trinajstić information content (AvgIpc) is 3.96. The number of imidazole rings is 1. The second-order valence-electron chi connectivity index (χ2n) is 13.3. The number of amides is 2. The van der Waals surface area contributed by atoms with E-state index in [0.29, 0.717) is 62.0 Å². The maximum Gasteiger partial charge on any atom is 0.381 e. The highest BCUT2D eigenvalue weighted by Crippen LogP contribution is 2.55. The molecule has 0 saturated carbocycles. The minimum Gasteiger partial charge on any atom is -0.497 e. The maximum atomic E-state index is 14.4. The molecule has 0 radical (unpaired) electrons. The van der Waals surface area contributed by atoms with Crippen molar-refractivity contribution in [1.29, 1.82) is 0 Å². The van der Waals surface area contributed by atoms with Crippen LogP contribution in [0.15, 0.2) is 66.9 Å². The van der Waals surface area contributed by atoms with Crippen molar-refractivity contribution in [1.82, 2.24) is 23.9 Å². The lowest BCUT2D eigenvalue weighted by Crippen LogP contribution is -2.58. The monoisotopic (exact) mass is 680 g/mol. The molecular weight excluding hydrogens is 640 g/mol. The molecule has 2 fully saturated rings. The number of carbonyl (C=O) groups is 3. The minimum absolute atomic E-state index is 0.0872. The number of hydrogen-bond donors (Lipinski definition) is 0. The molecule has 0 bridgehead atoms. The van der Waals surface area contributed by atoms with E-state index in [1.165, 1.54) is 13.3 Å². The molecular formula is C37H40N6O7. The van der Waals surface area contributed by atoms with Crippen LogP contribution in [-0.2, 0) is 35.5 Å². The van der Waals surface area contributed by atoms with Gasteiger partial charge in [0.1, 0.15) is 17.6 Å². The normalized spacial score (nSPS) is 20.9. The van der Waals surface area contributed by atoms with Gasteiger partial charge in [0, 0.05) is 63.2 Å². The molecule has 0 N–H and O–H groups in total. The summed E-state index contributed by atoms with van der Waals surface area (Å²) in [4.78, 5) is 61.5. The SMILES string of the molecule is COC(=O)[C@@]1(Cc2ccc(OC)cc2)C2c3cc(C(=O)N4CCCC4)n(CCn4cc([N+](=O)[O-])nc4C)c3CC2CN1C(=O)c1ccccc1. The van der Waals surface area contributed by atoms with Crippen molar-refractivity contribution in [3.63, 3.8) is 0 Å². The molecule has 2 amide bonds. The Kier molecular flexibility index (Phi) is 8.66. The van der Waals surface area contributed by atoms with Crippen molar-refractivity contribution in [2.45, 2.75) is 57.2 Å². The first-order valence-electron chi connectivity index (χ1n) is 16.9. The molecule has 2 aliphatic heterocycles. The zero-order chi connectivity index (χ0) is 35.2. The van der Waals surface area contributed by atoms with Crippen LogP contribution in [0.2, 0.25) is 0 Å². The Balaban J connectivity index is 1.35. The molecule has 2 unspecified atom stereocenters. The molecule has 3 atom stereocenters. The fourth-order valence-electron chi connectivity index (χ4n) is 8.38. The quantitative estimate of drug-likeness (QED) is 0.136. The van der Waals surface area contributed by atoms with Crippen LogP contribution >= 0.6 is 0 Å². The summed E-state index contributed by atoms with van der Waals surface area (Å²) >= 11 is 0. The van der Waals surface area contributed by atoms with Crippen LogP contribution in [-0.4, -0.2) is 86.0 Å². The number of carbonyl (C=O) groups excluding carboxylic acids is 3. The minimum atomic E-state index is -1.41. The second-order valence-corrected chi connectivity index (χ2v) is 13.3. The van der Waals surface area contributed by atoms with E-state index >= 15 is 0 Å². The van der Waals surface area contributed by atoms with Gasteiger partial charge in [-0.15, -0.1) is 0 Å².